The van der Waals surface area contributed by atoms with Crippen molar-refractivity contribution >= 4 is 14.4 Å². The third-order valence-electron chi connectivity index (χ3n) is 6.30. The van der Waals surface area contributed by atoms with Crippen LogP contribution in [-0.4, -0.2) is 54.8 Å². The van der Waals surface area contributed by atoms with Crippen LogP contribution in [0, 0.1) is 5.92 Å². The Labute approximate surface area is 182 Å². The molecule has 1 heterocycles. The van der Waals surface area contributed by atoms with Gasteiger partial charge in [-0.05, 0) is 57.3 Å². The number of aromatic hydroxyl groups is 2. The Hall–Kier alpha value is -1.73. The van der Waals surface area contributed by atoms with Crippen LogP contribution in [0.25, 0.3) is 0 Å². The van der Waals surface area contributed by atoms with Gasteiger partial charge in [0.1, 0.15) is 5.60 Å². The Morgan fingerprint density at radius 1 is 1.13 bits per heavy atom. The molecule has 1 aromatic rings. The summed E-state index contributed by atoms with van der Waals surface area (Å²) in [7, 11) is -1.86. The molecule has 0 spiro atoms. The summed E-state index contributed by atoms with van der Waals surface area (Å²) in [6.45, 7) is 18.2. The van der Waals surface area contributed by atoms with Crippen LogP contribution in [-0.2, 0) is 9.16 Å². The van der Waals surface area contributed by atoms with Crippen molar-refractivity contribution in [3.63, 3.8) is 0 Å². The highest BCUT2D eigenvalue weighted by atomic mass is 28.4. The van der Waals surface area contributed by atoms with Crippen LogP contribution in [0.2, 0.25) is 18.1 Å². The first kappa shape index (κ1) is 24.5. The maximum Gasteiger partial charge on any atom is 0.410 e. The molecule has 7 heteroatoms. The van der Waals surface area contributed by atoms with Crippen molar-refractivity contribution in [1.82, 2.24) is 4.90 Å². The van der Waals surface area contributed by atoms with E-state index in [1.807, 2.05) is 26.8 Å². The number of phenolic OH excluding ortho intramolecular Hbond substituents is 2. The van der Waals surface area contributed by atoms with E-state index in [4.69, 9.17) is 9.16 Å². The number of para-hydroxylation sites is 1. The monoisotopic (exact) mass is 437 g/mol. The van der Waals surface area contributed by atoms with Gasteiger partial charge in [0, 0.05) is 31.2 Å². The highest BCUT2D eigenvalue weighted by molar-refractivity contribution is 6.74. The zero-order chi connectivity index (χ0) is 22.9. The van der Waals surface area contributed by atoms with Crippen molar-refractivity contribution in [2.75, 3.05) is 19.7 Å². The molecule has 0 aliphatic carbocycles. The smallest absolute Gasteiger partial charge is 0.410 e. The van der Waals surface area contributed by atoms with Gasteiger partial charge in [-0.25, -0.2) is 4.79 Å². The Morgan fingerprint density at radius 2 is 1.77 bits per heavy atom. The van der Waals surface area contributed by atoms with Crippen molar-refractivity contribution in [2.45, 2.75) is 77.6 Å². The van der Waals surface area contributed by atoms with Gasteiger partial charge in [-0.2, -0.15) is 0 Å². The number of benzene rings is 1. The predicted molar refractivity (Wildman–Crippen MR) is 122 cm³/mol. The Kier molecular flexibility index (Phi) is 7.19. The first-order valence-corrected chi connectivity index (χ1v) is 13.7. The molecule has 6 nitrogen and oxygen atoms in total. The second-order valence-electron chi connectivity index (χ2n) is 10.9. The van der Waals surface area contributed by atoms with E-state index in [-0.39, 0.29) is 34.5 Å². The van der Waals surface area contributed by atoms with Gasteiger partial charge in [-0.1, -0.05) is 32.9 Å². The number of ether oxygens (including phenoxy) is 1. The number of phenols is 2. The lowest BCUT2D eigenvalue weighted by Gasteiger charge is -2.36. The summed E-state index contributed by atoms with van der Waals surface area (Å²) in [4.78, 5) is 14.4. The lowest BCUT2D eigenvalue weighted by Crippen LogP contribution is -2.41. The fraction of sp³-hybridized carbons (Fsp3) is 0.696. The maximum atomic E-state index is 12.7. The Morgan fingerprint density at radius 3 is 2.33 bits per heavy atom. The van der Waals surface area contributed by atoms with Crippen LogP contribution in [0.15, 0.2) is 18.2 Å². The van der Waals surface area contributed by atoms with E-state index in [9.17, 15) is 15.0 Å². The van der Waals surface area contributed by atoms with E-state index in [0.717, 1.165) is 6.42 Å². The normalized spacial score (nSPS) is 20.5. The maximum absolute atomic E-state index is 12.7. The molecule has 0 aromatic heterocycles. The van der Waals surface area contributed by atoms with E-state index in [1.54, 1.807) is 11.0 Å². The highest BCUT2D eigenvalue weighted by Crippen LogP contribution is 2.43. The van der Waals surface area contributed by atoms with Gasteiger partial charge in [-0.3, -0.25) is 0 Å². The molecule has 1 saturated heterocycles. The summed E-state index contributed by atoms with van der Waals surface area (Å²) in [6, 6.07) is 5.01. The summed E-state index contributed by atoms with van der Waals surface area (Å²) >= 11 is 0. The minimum absolute atomic E-state index is 0.0902. The molecule has 1 aliphatic rings. The molecule has 2 rings (SSSR count). The van der Waals surface area contributed by atoms with E-state index < -0.39 is 13.9 Å². The van der Waals surface area contributed by atoms with Gasteiger partial charge in [-0.15, -0.1) is 0 Å². The molecule has 1 aromatic carbocycles. The Balaban J connectivity index is 2.19. The zero-order valence-electron chi connectivity index (χ0n) is 19.8. The summed E-state index contributed by atoms with van der Waals surface area (Å²) in [5, 5.41) is 20.5. The lowest BCUT2D eigenvalue weighted by molar-refractivity contribution is 0.0285. The molecule has 0 saturated carbocycles. The van der Waals surface area contributed by atoms with Crippen molar-refractivity contribution in [1.29, 1.82) is 0 Å². The van der Waals surface area contributed by atoms with Crippen LogP contribution < -0.4 is 0 Å². The van der Waals surface area contributed by atoms with E-state index >= 15 is 0 Å². The number of nitrogens with zero attached hydrogens (tertiary/aromatic N) is 1. The molecular weight excluding hydrogens is 398 g/mol. The summed E-state index contributed by atoms with van der Waals surface area (Å²) in [5.74, 6) is -0.231. The van der Waals surface area contributed by atoms with Gasteiger partial charge < -0.3 is 24.3 Å². The van der Waals surface area contributed by atoms with Gasteiger partial charge in [0.15, 0.2) is 19.8 Å². The second-order valence-corrected chi connectivity index (χ2v) is 15.7. The summed E-state index contributed by atoms with van der Waals surface area (Å²) in [6.07, 6.45) is 0.422. The number of likely N-dealkylation sites (tertiary alicyclic amines) is 1. The lowest BCUT2D eigenvalue weighted by atomic mass is 9.86. The van der Waals surface area contributed by atoms with Crippen molar-refractivity contribution in [3.8, 4) is 11.5 Å². The molecule has 0 unspecified atom stereocenters. The van der Waals surface area contributed by atoms with Crippen LogP contribution in [0.4, 0.5) is 4.79 Å². The molecule has 1 aliphatic heterocycles. The number of carbonyl (C=O) groups is 1. The molecule has 170 valence electrons. The van der Waals surface area contributed by atoms with Crippen LogP contribution >= 0.6 is 0 Å². The molecule has 1 fully saturated rings. The van der Waals surface area contributed by atoms with Crippen LogP contribution in [0.1, 0.15) is 59.4 Å². The first-order valence-electron chi connectivity index (χ1n) is 10.7. The number of amides is 1. The second kappa shape index (κ2) is 8.79. The summed E-state index contributed by atoms with van der Waals surface area (Å²) in [5.41, 5.74) is 0.0990. The average molecular weight is 438 g/mol. The van der Waals surface area contributed by atoms with Gasteiger partial charge in [0.2, 0.25) is 0 Å². The fourth-order valence-corrected chi connectivity index (χ4v) is 4.58. The van der Waals surface area contributed by atoms with Gasteiger partial charge >= 0.3 is 6.09 Å². The van der Waals surface area contributed by atoms with Gasteiger partial charge in [0.25, 0.3) is 0 Å². The number of carbonyl (C=O) groups excluding carboxylic acids is 1. The molecule has 2 atom stereocenters. The molecule has 0 bridgehead atoms. The molecular formula is C23H39NO5Si. The van der Waals surface area contributed by atoms with Crippen molar-refractivity contribution in [2.24, 2.45) is 5.92 Å². The SMILES string of the molecule is CC(C)(C)OC(=O)N1C[C@H](CCO[Si](C)(C)C(C)(C)C)[C@@H](c2cccc(O)c2O)C1. The zero-order valence-corrected chi connectivity index (χ0v) is 20.8. The largest absolute Gasteiger partial charge is 0.504 e. The number of rotatable bonds is 5. The predicted octanol–water partition coefficient (Wildman–Crippen LogP) is 5.46. The van der Waals surface area contributed by atoms with E-state index in [2.05, 4.69) is 33.9 Å². The molecule has 30 heavy (non-hydrogen) atoms. The van der Waals surface area contributed by atoms with Crippen molar-refractivity contribution < 1.29 is 24.2 Å². The number of hydrogen-bond acceptors (Lipinski definition) is 5. The van der Waals surface area contributed by atoms with Crippen molar-refractivity contribution in [3.05, 3.63) is 23.8 Å². The minimum atomic E-state index is -1.86. The standard InChI is InChI=1S/C23H39NO5Si/c1-22(2,3)29-21(27)24-14-16(12-13-28-30(7,8)23(4,5)6)18(15-24)17-10-9-11-19(25)20(17)26/h9-11,16,18,25-26H,12-15H2,1-8H3/t16-,18-/m0/s1. The highest BCUT2D eigenvalue weighted by Gasteiger charge is 2.41. The van der Waals surface area contributed by atoms with Crippen LogP contribution in [0.3, 0.4) is 0 Å². The van der Waals surface area contributed by atoms with Gasteiger partial charge in [0.05, 0.1) is 0 Å². The topological polar surface area (TPSA) is 79.2 Å². The van der Waals surface area contributed by atoms with E-state index in [0.29, 0.717) is 25.3 Å². The first-order chi connectivity index (χ1) is 13.6. The summed E-state index contributed by atoms with van der Waals surface area (Å²) < 4.78 is 11.9. The third-order valence-corrected chi connectivity index (χ3v) is 10.8. The number of hydrogen-bond donors (Lipinski definition) is 2. The van der Waals surface area contributed by atoms with Crippen LogP contribution in [0.5, 0.6) is 11.5 Å². The molecule has 2 N–H and O–H groups in total. The molecule has 1 amide bonds. The average Bonchev–Trinajstić information content (AvgIpc) is 2.99. The minimum Gasteiger partial charge on any atom is -0.504 e. The Bertz CT molecular complexity index is 751. The quantitative estimate of drug-likeness (QED) is 0.472. The molecule has 0 radical (unpaired) electrons. The third kappa shape index (κ3) is 5.91. The van der Waals surface area contributed by atoms with E-state index in [1.165, 1.54) is 6.07 Å². The fourth-order valence-electron chi connectivity index (χ4n) is 3.52.